The fraction of sp³-hybridized carbons (Fsp3) is 0.278. The number of unbranched alkanes of at least 4 members (excludes halogenated alkanes) is 2. The Labute approximate surface area is 562 Å². The molecular weight excluding hydrogens is 1280 g/mol. The number of benzene rings is 7. The molecule has 7 aromatic rings. The zero-order chi connectivity index (χ0) is 70.0. The van der Waals surface area contributed by atoms with Gasteiger partial charge in [0, 0.05) is 37.3 Å². The summed E-state index contributed by atoms with van der Waals surface area (Å²) < 4.78 is 76.0. The summed E-state index contributed by atoms with van der Waals surface area (Å²) in [5.41, 5.74) is 2.42. The standard InChI is InChI=1S/C72H74F4N8O14/c73-55-24-20-49(21-25-55)36-40-79-65(87)45-83(43-63(85)77-38-9-7-18-61(69(91)97-59-32-28-57(75)29-33-59)81-71(93)95-47-51-12-3-1-4-13-51)67(89)53-16-11-17-54(42-53)68(90)84(46-66(88)80-41-37-50-22-26-56(74)27-23-50)44-64(86)78-39-10-8-19-62(70(92)98-60-34-30-58(76)31-35-60)82-72(94)96-48-52-14-5-2-6-15-52/h1-6,11-17,20-35,42,61-62H,7-10,18-19,36-41,43-48H2,(H,77,85)(H,78,86)(H,79,87)(H,80,88)(H,81,93)(H,82,94)/t61-,62-/m1/s1. The third kappa shape index (κ3) is 26.8. The van der Waals surface area contributed by atoms with Crippen LogP contribution in [0.25, 0.3) is 0 Å². The number of esters is 2. The van der Waals surface area contributed by atoms with Crippen molar-refractivity contribution in [2.24, 2.45) is 0 Å². The predicted octanol–water partition coefficient (Wildman–Crippen LogP) is 8.22. The summed E-state index contributed by atoms with van der Waals surface area (Å²) in [5, 5.41) is 15.8. The van der Waals surface area contributed by atoms with Gasteiger partial charge < -0.3 is 60.6 Å². The van der Waals surface area contributed by atoms with Gasteiger partial charge >= 0.3 is 24.1 Å². The van der Waals surface area contributed by atoms with Crippen molar-refractivity contribution in [1.29, 1.82) is 0 Å². The van der Waals surface area contributed by atoms with Crippen molar-refractivity contribution in [3.8, 4) is 11.5 Å². The lowest BCUT2D eigenvalue weighted by atomic mass is 10.1. The first-order valence-electron chi connectivity index (χ1n) is 31.5. The van der Waals surface area contributed by atoms with Gasteiger partial charge in [-0.1, -0.05) is 91.0 Å². The number of alkyl carbamates (subject to hydrolysis) is 2. The molecule has 22 nitrogen and oxygen atoms in total. The Bertz CT molecular complexity index is 3540. The van der Waals surface area contributed by atoms with Crippen LogP contribution < -0.4 is 41.4 Å². The van der Waals surface area contributed by atoms with Gasteiger partial charge in [-0.25, -0.2) is 36.7 Å². The molecule has 514 valence electrons. The number of carbonyl (C=O) groups is 10. The van der Waals surface area contributed by atoms with E-state index < -0.39 is 121 Å². The molecule has 0 fully saturated rings. The first kappa shape index (κ1) is 74.0. The molecule has 0 saturated heterocycles. The summed E-state index contributed by atoms with van der Waals surface area (Å²) in [6.45, 7) is -2.81. The third-order valence-electron chi connectivity index (χ3n) is 14.7. The summed E-state index contributed by atoms with van der Waals surface area (Å²) in [6, 6.07) is 40.8. The van der Waals surface area contributed by atoms with Crippen LogP contribution in [0.4, 0.5) is 27.2 Å². The summed E-state index contributed by atoms with van der Waals surface area (Å²) >= 11 is 0. The molecule has 0 unspecified atom stereocenters. The topological polar surface area (TPSA) is 286 Å². The molecule has 0 aromatic heterocycles. The molecule has 0 aliphatic heterocycles. The monoisotopic (exact) mass is 1350 g/mol. The second-order valence-corrected chi connectivity index (χ2v) is 22.3. The van der Waals surface area contributed by atoms with Crippen LogP contribution in [0, 0.1) is 23.3 Å². The fourth-order valence-electron chi connectivity index (χ4n) is 9.56. The van der Waals surface area contributed by atoms with E-state index in [1.165, 1.54) is 72.8 Å². The van der Waals surface area contributed by atoms with Gasteiger partial charge in [0.1, 0.15) is 86.2 Å². The first-order valence-corrected chi connectivity index (χ1v) is 31.5. The highest BCUT2D eigenvalue weighted by molar-refractivity contribution is 6.03. The number of nitrogens with one attached hydrogen (secondary N) is 6. The van der Waals surface area contributed by atoms with E-state index >= 15 is 0 Å². The van der Waals surface area contributed by atoms with Crippen molar-refractivity contribution < 1.29 is 84.5 Å². The zero-order valence-electron chi connectivity index (χ0n) is 53.3. The minimum atomic E-state index is -1.24. The Morgan fingerprint density at radius 1 is 0.357 bits per heavy atom. The number of rotatable bonds is 36. The summed E-state index contributed by atoms with van der Waals surface area (Å²) in [4.78, 5) is 138. The smallest absolute Gasteiger partial charge is 0.408 e. The van der Waals surface area contributed by atoms with Crippen molar-refractivity contribution in [2.45, 2.75) is 76.7 Å². The van der Waals surface area contributed by atoms with Gasteiger partial charge in [-0.05, 0) is 165 Å². The molecule has 26 heteroatoms. The van der Waals surface area contributed by atoms with Gasteiger partial charge in [-0.15, -0.1) is 0 Å². The molecule has 0 saturated carbocycles. The first-order chi connectivity index (χ1) is 47.3. The Morgan fingerprint density at radius 2 is 0.684 bits per heavy atom. The van der Waals surface area contributed by atoms with E-state index in [1.54, 1.807) is 84.9 Å². The Hall–Kier alpha value is -11.4. The fourth-order valence-corrected chi connectivity index (χ4v) is 9.56. The van der Waals surface area contributed by atoms with Crippen molar-refractivity contribution in [2.75, 3.05) is 52.4 Å². The molecular formula is C72H74F4N8O14. The molecule has 0 aliphatic carbocycles. The van der Waals surface area contributed by atoms with Gasteiger partial charge in [0.25, 0.3) is 11.8 Å². The maximum absolute atomic E-state index is 14.5. The van der Waals surface area contributed by atoms with E-state index in [-0.39, 0.29) is 113 Å². The van der Waals surface area contributed by atoms with Crippen LogP contribution >= 0.6 is 0 Å². The van der Waals surface area contributed by atoms with E-state index in [2.05, 4.69) is 31.9 Å². The summed E-state index contributed by atoms with van der Waals surface area (Å²) in [6.07, 6.45) is -0.384. The van der Waals surface area contributed by atoms with Gasteiger partial charge in [0.05, 0.1) is 0 Å². The molecule has 7 rings (SSSR count). The largest absolute Gasteiger partial charge is 0.445 e. The number of amides is 8. The second-order valence-electron chi connectivity index (χ2n) is 22.3. The van der Waals surface area contributed by atoms with Crippen LogP contribution in [0.15, 0.2) is 182 Å². The van der Waals surface area contributed by atoms with Gasteiger partial charge in [0.2, 0.25) is 23.6 Å². The summed E-state index contributed by atoms with van der Waals surface area (Å²) in [5.74, 6) is -8.33. The van der Waals surface area contributed by atoms with E-state index in [4.69, 9.17) is 18.9 Å². The molecule has 0 radical (unpaired) electrons. The number of halogens is 4. The average molecular weight is 1350 g/mol. The number of carbonyl (C=O) groups excluding carboxylic acids is 10. The number of hydrogen-bond donors (Lipinski definition) is 6. The maximum atomic E-state index is 14.5. The van der Waals surface area contributed by atoms with Crippen LogP contribution in [0.1, 0.15) is 81.5 Å². The van der Waals surface area contributed by atoms with Gasteiger partial charge in [-0.2, -0.15) is 0 Å². The highest BCUT2D eigenvalue weighted by atomic mass is 19.1. The van der Waals surface area contributed by atoms with Gasteiger partial charge in [0.15, 0.2) is 0 Å². The Kier molecular flexibility index (Phi) is 29.8. The van der Waals surface area contributed by atoms with E-state index in [0.717, 1.165) is 34.1 Å². The maximum Gasteiger partial charge on any atom is 0.408 e. The lowest BCUT2D eigenvalue weighted by molar-refractivity contribution is -0.137. The van der Waals surface area contributed by atoms with Crippen LogP contribution in [-0.2, 0) is 64.3 Å². The molecule has 2 atom stereocenters. The average Bonchev–Trinajstić information content (AvgIpc) is 0.856. The number of hydrogen-bond acceptors (Lipinski definition) is 14. The van der Waals surface area contributed by atoms with Crippen molar-refractivity contribution in [3.05, 3.63) is 239 Å². The van der Waals surface area contributed by atoms with E-state index in [0.29, 0.717) is 22.3 Å². The predicted molar refractivity (Wildman–Crippen MR) is 349 cm³/mol. The van der Waals surface area contributed by atoms with Crippen molar-refractivity contribution in [1.82, 2.24) is 41.7 Å². The molecule has 98 heavy (non-hydrogen) atoms. The van der Waals surface area contributed by atoms with E-state index in [1.807, 2.05) is 0 Å². The number of ether oxygens (including phenoxy) is 4. The van der Waals surface area contributed by atoms with Crippen LogP contribution in [0.2, 0.25) is 0 Å². The molecule has 8 amide bonds. The van der Waals surface area contributed by atoms with E-state index in [9.17, 15) is 65.5 Å². The SMILES string of the molecule is O=C(CN(CC(=O)NCCc1ccc(F)cc1)C(=O)c1cccc(C(=O)N(CC(=O)NCCCC[C@@H](NC(=O)OCc2ccccc2)C(=O)Oc2ccc(F)cc2)CC(=O)NCCc2ccc(F)cc2)c1)NCCCC[C@@H](NC(=O)OCc1ccccc1)C(=O)Oc1ccc(F)cc1. The van der Waals surface area contributed by atoms with Crippen LogP contribution in [0.5, 0.6) is 11.5 Å². The molecule has 0 heterocycles. The lowest BCUT2D eigenvalue weighted by Crippen LogP contribution is -2.47. The third-order valence-corrected chi connectivity index (χ3v) is 14.7. The lowest BCUT2D eigenvalue weighted by Gasteiger charge is -2.24. The minimum absolute atomic E-state index is 0.00141. The highest BCUT2D eigenvalue weighted by Gasteiger charge is 2.28. The van der Waals surface area contributed by atoms with Crippen LogP contribution in [-0.4, -0.2) is 134 Å². The molecule has 0 spiro atoms. The molecule has 0 aliphatic rings. The zero-order valence-corrected chi connectivity index (χ0v) is 53.3. The molecule has 6 N–H and O–H groups in total. The molecule has 7 aromatic carbocycles. The van der Waals surface area contributed by atoms with Crippen molar-refractivity contribution >= 4 is 59.6 Å². The van der Waals surface area contributed by atoms with Gasteiger partial charge in [-0.3, -0.25) is 28.8 Å². The normalized spacial score (nSPS) is 11.3. The Morgan fingerprint density at radius 3 is 1.03 bits per heavy atom. The quantitative estimate of drug-likeness (QED) is 0.00934. The van der Waals surface area contributed by atoms with Crippen molar-refractivity contribution in [3.63, 3.8) is 0 Å². The highest BCUT2D eigenvalue weighted by Crippen LogP contribution is 2.18. The Balaban J connectivity index is 0.998. The minimum Gasteiger partial charge on any atom is -0.445 e. The molecule has 0 bridgehead atoms. The summed E-state index contributed by atoms with van der Waals surface area (Å²) in [7, 11) is 0. The second kappa shape index (κ2) is 39.4. The van der Waals surface area contributed by atoms with Crippen LogP contribution in [0.3, 0.4) is 0 Å². The number of nitrogens with zero attached hydrogens (tertiary/aromatic N) is 2.